The second-order valence-corrected chi connectivity index (χ2v) is 4.90. The summed E-state index contributed by atoms with van der Waals surface area (Å²) >= 11 is 1.71. The smallest absolute Gasteiger partial charge is 0.278 e. The van der Waals surface area contributed by atoms with Crippen LogP contribution in [0.25, 0.3) is 5.78 Å². The summed E-state index contributed by atoms with van der Waals surface area (Å²) in [6.07, 6.45) is 0. The molecule has 0 saturated heterocycles. The zero-order valence-electron chi connectivity index (χ0n) is 9.02. The number of aromatic amines is 1. The minimum atomic E-state index is -0.0226. The fourth-order valence-electron chi connectivity index (χ4n) is 1.70. The number of fused-ring (bicyclic) bond motifs is 2. The molecular formula is C9H11N5OS. The van der Waals surface area contributed by atoms with Gasteiger partial charge in [-0.25, -0.2) is 4.98 Å². The highest BCUT2D eigenvalue weighted by molar-refractivity contribution is 7.98. The average molecular weight is 237 g/mol. The number of nitrogens with zero attached hydrogens (tertiary/aromatic N) is 4. The van der Waals surface area contributed by atoms with Crippen LogP contribution in [0.4, 0.5) is 5.95 Å². The Morgan fingerprint density at radius 3 is 2.94 bits per heavy atom. The molecule has 0 atom stereocenters. The molecule has 16 heavy (non-hydrogen) atoms. The molecule has 6 nitrogen and oxygen atoms in total. The van der Waals surface area contributed by atoms with Gasteiger partial charge in [-0.05, 0) is 0 Å². The first kappa shape index (κ1) is 9.71. The molecule has 2 aromatic rings. The van der Waals surface area contributed by atoms with Crippen molar-refractivity contribution in [2.24, 2.45) is 0 Å². The monoisotopic (exact) mass is 237 g/mol. The van der Waals surface area contributed by atoms with Gasteiger partial charge in [-0.1, -0.05) is 0 Å². The maximum absolute atomic E-state index is 12.1. The van der Waals surface area contributed by atoms with Gasteiger partial charge in [0.05, 0.1) is 11.3 Å². The zero-order chi connectivity index (χ0) is 11.3. The highest BCUT2D eigenvalue weighted by atomic mass is 32.2. The fraction of sp³-hybridized carbons (Fsp3) is 0.444. The van der Waals surface area contributed by atoms with Gasteiger partial charge in [-0.2, -0.15) is 21.3 Å². The van der Waals surface area contributed by atoms with Crippen LogP contribution < -0.4 is 10.5 Å². The van der Waals surface area contributed by atoms with E-state index in [4.69, 9.17) is 0 Å². The second kappa shape index (κ2) is 3.24. The molecule has 3 heterocycles. The first-order valence-corrected chi connectivity index (χ1v) is 6.08. The van der Waals surface area contributed by atoms with Crippen molar-refractivity contribution < 1.29 is 0 Å². The maximum atomic E-state index is 12.1. The van der Waals surface area contributed by atoms with Gasteiger partial charge in [0.15, 0.2) is 0 Å². The van der Waals surface area contributed by atoms with E-state index in [9.17, 15) is 4.79 Å². The number of hydrogen-bond acceptors (Lipinski definition) is 5. The third-order valence-corrected chi connectivity index (χ3v) is 3.54. The van der Waals surface area contributed by atoms with Gasteiger partial charge in [0.2, 0.25) is 5.95 Å². The molecule has 1 aliphatic heterocycles. The van der Waals surface area contributed by atoms with Crippen LogP contribution in [0, 0.1) is 0 Å². The minimum absolute atomic E-state index is 0.0226. The fourth-order valence-corrected chi connectivity index (χ4v) is 2.73. The first-order chi connectivity index (χ1) is 7.66. The standard InChI is InChI=1S/C9H11N5OS/c1-13(2)9-11-8-10-6-4-16-3-5(6)7(15)14(8)12-9/h3-4H2,1-2H3,(H,10,11,12). The van der Waals surface area contributed by atoms with E-state index in [1.54, 1.807) is 11.8 Å². The van der Waals surface area contributed by atoms with E-state index >= 15 is 0 Å². The third kappa shape index (κ3) is 1.24. The predicted molar refractivity (Wildman–Crippen MR) is 62.9 cm³/mol. The number of H-pyrrole nitrogens is 1. The minimum Gasteiger partial charge on any atom is -0.347 e. The van der Waals surface area contributed by atoms with E-state index in [-0.39, 0.29) is 5.56 Å². The molecule has 0 unspecified atom stereocenters. The Balaban J connectivity index is 2.33. The lowest BCUT2D eigenvalue weighted by atomic mass is 10.3. The molecule has 0 amide bonds. The van der Waals surface area contributed by atoms with E-state index in [0.717, 1.165) is 22.8 Å². The Labute approximate surface area is 95.7 Å². The molecule has 2 aromatic heterocycles. The maximum Gasteiger partial charge on any atom is 0.278 e. The van der Waals surface area contributed by atoms with Crippen molar-refractivity contribution in [1.29, 1.82) is 0 Å². The summed E-state index contributed by atoms with van der Waals surface area (Å²) in [7, 11) is 3.73. The number of hydrogen-bond donors (Lipinski definition) is 1. The molecule has 3 rings (SSSR count). The van der Waals surface area contributed by atoms with Crippen LogP contribution in [-0.2, 0) is 11.5 Å². The van der Waals surface area contributed by atoms with Gasteiger partial charge in [0.1, 0.15) is 0 Å². The number of aromatic nitrogens is 4. The molecular weight excluding hydrogens is 226 g/mol. The number of nitrogens with one attached hydrogen (secondary N) is 1. The summed E-state index contributed by atoms with van der Waals surface area (Å²) in [5.74, 6) is 2.65. The summed E-state index contributed by atoms with van der Waals surface area (Å²) in [5, 5.41) is 2.94. The van der Waals surface area contributed by atoms with Gasteiger partial charge in [-0.15, -0.1) is 0 Å². The summed E-state index contributed by atoms with van der Waals surface area (Å²) < 4.78 is 1.42. The SMILES string of the molecule is CN(C)c1nc2nc3c(c(=O)n2[nH]1)CSC3. The van der Waals surface area contributed by atoms with Crippen LogP contribution >= 0.6 is 11.8 Å². The van der Waals surface area contributed by atoms with Crippen molar-refractivity contribution in [3.05, 3.63) is 21.6 Å². The van der Waals surface area contributed by atoms with Crippen LogP contribution in [0.15, 0.2) is 4.79 Å². The van der Waals surface area contributed by atoms with E-state index in [1.165, 1.54) is 4.52 Å². The Morgan fingerprint density at radius 2 is 2.19 bits per heavy atom. The average Bonchev–Trinajstić information content (AvgIpc) is 2.83. The summed E-state index contributed by atoms with van der Waals surface area (Å²) in [5.41, 5.74) is 1.66. The second-order valence-electron chi connectivity index (χ2n) is 3.91. The van der Waals surface area contributed by atoms with Crippen molar-refractivity contribution in [3.63, 3.8) is 0 Å². The van der Waals surface area contributed by atoms with E-state index in [2.05, 4.69) is 15.1 Å². The number of thioether (sulfide) groups is 1. The lowest BCUT2D eigenvalue weighted by Crippen LogP contribution is -2.20. The van der Waals surface area contributed by atoms with Crippen molar-refractivity contribution in [2.75, 3.05) is 19.0 Å². The zero-order valence-corrected chi connectivity index (χ0v) is 9.84. The van der Waals surface area contributed by atoms with Crippen LogP contribution in [0.1, 0.15) is 11.3 Å². The quantitative estimate of drug-likeness (QED) is 0.769. The Morgan fingerprint density at radius 1 is 1.38 bits per heavy atom. The topological polar surface area (TPSA) is 66.3 Å². The van der Waals surface area contributed by atoms with Crippen molar-refractivity contribution in [1.82, 2.24) is 19.6 Å². The van der Waals surface area contributed by atoms with Gasteiger partial charge in [-0.3, -0.25) is 9.89 Å². The van der Waals surface area contributed by atoms with Crippen molar-refractivity contribution >= 4 is 23.5 Å². The van der Waals surface area contributed by atoms with Crippen LogP contribution in [-0.4, -0.2) is 33.7 Å². The highest BCUT2D eigenvalue weighted by Gasteiger charge is 2.20. The molecule has 0 saturated carbocycles. The molecule has 0 radical (unpaired) electrons. The van der Waals surface area contributed by atoms with Gasteiger partial charge in [0.25, 0.3) is 11.3 Å². The number of rotatable bonds is 1. The van der Waals surface area contributed by atoms with Crippen LogP contribution in [0.5, 0.6) is 0 Å². The molecule has 0 aromatic carbocycles. The van der Waals surface area contributed by atoms with Gasteiger partial charge < -0.3 is 4.90 Å². The molecule has 7 heteroatoms. The van der Waals surface area contributed by atoms with Crippen molar-refractivity contribution in [3.8, 4) is 0 Å². The largest absolute Gasteiger partial charge is 0.347 e. The number of anilines is 1. The molecule has 0 spiro atoms. The van der Waals surface area contributed by atoms with Crippen LogP contribution in [0.3, 0.4) is 0 Å². The van der Waals surface area contributed by atoms with Gasteiger partial charge >= 0.3 is 0 Å². The van der Waals surface area contributed by atoms with E-state index in [0.29, 0.717) is 11.7 Å². The lowest BCUT2D eigenvalue weighted by molar-refractivity contribution is 0.862. The molecule has 0 bridgehead atoms. The molecule has 0 fully saturated rings. The molecule has 84 valence electrons. The van der Waals surface area contributed by atoms with Gasteiger partial charge in [0, 0.05) is 25.6 Å². The third-order valence-electron chi connectivity index (χ3n) is 2.57. The highest BCUT2D eigenvalue weighted by Crippen LogP contribution is 2.25. The Hall–Kier alpha value is -1.50. The Bertz CT molecular complexity index is 614. The molecule has 0 aliphatic carbocycles. The van der Waals surface area contributed by atoms with Crippen LogP contribution in [0.2, 0.25) is 0 Å². The van der Waals surface area contributed by atoms with Crippen molar-refractivity contribution in [2.45, 2.75) is 11.5 Å². The van der Waals surface area contributed by atoms with E-state index < -0.39 is 0 Å². The predicted octanol–water partition coefficient (Wildman–Crippen LogP) is 0.230. The Kier molecular flexibility index (Phi) is 1.97. The summed E-state index contributed by atoms with van der Waals surface area (Å²) in [4.78, 5) is 22.5. The normalized spacial score (nSPS) is 14.4. The molecule has 1 N–H and O–H groups in total. The van der Waals surface area contributed by atoms with E-state index in [1.807, 2.05) is 19.0 Å². The summed E-state index contributed by atoms with van der Waals surface area (Å²) in [6, 6.07) is 0. The first-order valence-electron chi connectivity index (χ1n) is 4.92. The summed E-state index contributed by atoms with van der Waals surface area (Å²) in [6.45, 7) is 0. The lowest BCUT2D eigenvalue weighted by Gasteiger charge is -2.04. The molecule has 1 aliphatic rings.